The van der Waals surface area contributed by atoms with Crippen LogP contribution in [0.25, 0.3) is 10.9 Å². The molecule has 430 valence electrons. The number of aromatic nitrogens is 1. The van der Waals surface area contributed by atoms with Gasteiger partial charge < -0.3 is 57.2 Å². The number of carbonyl (C=O) groups excluding carboxylic acids is 11. The van der Waals surface area contributed by atoms with E-state index in [9.17, 15) is 62.2 Å². The maximum absolute atomic E-state index is 14.6. The third kappa shape index (κ3) is 16.8. The highest BCUT2D eigenvalue weighted by molar-refractivity contribution is 7.99. The number of aromatic amines is 1. The van der Waals surface area contributed by atoms with Gasteiger partial charge in [0.1, 0.15) is 24.2 Å². The van der Waals surface area contributed by atoms with Gasteiger partial charge in [-0.15, -0.1) is 29.5 Å². The Labute approximate surface area is 466 Å². The Bertz CT molecular complexity index is 2850. The molecule has 5 rings (SSSR count). The van der Waals surface area contributed by atoms with Crippen LogP contribution in [0.3, 0.4) is 0 Å². The third-order valence-corrected chi connectivity index (χ3v) is 15.2. The number of thioether (sulfide) groups is 1. The summed E-state index contributed by atoms with van der Waals surface area (Å²) < 4.78 is 22.1. The maximum Gasteiger partial charge on any atom is 0.747 e. The van der Waals surface area contributed by atoms with Crippen molar-refractivity contribution in [1.29, 1.82) is 0 Å². The quantitative estimate of drug-likeness (QED) is 0.0299. The van der Waals surface area contributed by atoms with Gasteiger partial charge in [0.25, 0.3) is 17.7 Å². The lowest BCUT2D eigenvalue weighted by atomic mass is 9.97. The molecule has 80 heavy (non-hydrogen) atoms. The van der Waals surface area contributed by atoms with Crippen molar-refractivity contribution in [2.45, 2.75) is 120 Å². The smallest absolute Gasteiger partial charge is 0.469 e. The van der Waals surface area contributed by atoms with Crippen molar-refractivity contribution in [1.82, 2.24) is 57.3 Å². The van der Waals surface area contributed by atoms with E-state index < -0.39 is 134 Å². The summed E-state index contributed by atoms with van der Waals surface area (Å²) in [5.74, 6) is -4.12. The van der Waals surface area contributed by atoms with Gasteiger partial charge in [-0.25, -0.2) is 4.52 Å². The van der Waals surface area contributed by atoms with Crippen LogP contribution in [0.5, 0.6) is 5.75 Å². The van der Waals surface area contributed by atoms with Crippen molar-refractivity contribution < 1.29 is 71.5 Å². The van der Waals surface area contributed by atoms with Crippen LogP contribution < -0.4 is 47.1 Å². The number of terminal acetylenes is 2. The third-order valence-electron chi connectivity index (χ3n) is 13.7. The molecule has 10 amide bonds. The van der Waals surface area contributed by atoms with Gasteiger partial charge in [0.15, 0.2) is 11.8 Å². The summed E-state index contributed by atoms with van der Waals surface area (Å²) in [6, 6.07) is -4.99. The standard InChI is InChI=1S/C52H66N11O15PS/c1-8-28(5)44-49(72)54-19-18-53-36(27-80-51-31(10-3)32-22-30(38(78-79(75)76)23-34(32)59-51)25-55-39(64)15-13-21-63-41(66)16-17-42(63)67)47(70)58-35(24-43(68)77-7)52(74)62-20-12-14-37(62)48(71)61-45(29(6)9-2)50(73)57-33(11-4)46(69)56-26-40(65)60-44/h3-4,16-17,22-23,28-29,33,35-37,44-45,53,59H,8-9,12-15,18-21,24-27H2,1-2,5-7H3,(H7-,54,55,56,57,58,60,61,64,65,69,70,71,72,73,75,76)/p+1/t28-,29-,33-,35-,36-,37-,44-,45-/m0/s1. The molecule has 0 saturated carbocycles. The Balaban J connectivity index is 1.45. The summed E-state index contributed by atoms with van der Waals surface area (Å²) in [6.07, 6.45) is 14.7. The first kappa shape index (κ1) is 63.0. The van der Waals surface area contributed by atoms with Gasteiger partial charge in [-0.2, -0.15) is 0 Å². The van der Waals surface area contributed by atoms with E-state index in [2.05, 4.69) is 59.4 Å². The van der Waals surface area contributed by atoms with E-state index >= 15 is 0 Å². The largest absolute Gasteiger partial charge is 0.747 e. The number of H-pyrrole nitrogens is 1. The topological polar surface area (TPSA) is 362 Å². The molecule has 3 aliphatic heterocycles. The second-order valence-corrected chi connectivity index (χ2v) is 20.8. The van der Waals surface area contributed by atoms with E-state index in [0.717, 1.165) is 35.9 Å². The number of hydrogen-bond acceptors (Lipinski definition) is 16. The van der Waals surface area contributed by atoms with E-state index in [1.165, 1.54) is 11.0 Å². The number of carbonyl (C=O) groups is 11. The minimum atomic E-state index is -3.19. The van der Waals surface area contributed by atoms with Crippen LogP contribution in [0.4, 0.5) is 0 Å². The van der Waals surface area contributed by atoms with Crippen molar-refractivity contribution in [2.75, 3.05) is 45.6 Å². The predicted octanol–water partition coefficient (Wildman–Crippen LogP) is -0.986. The van der Waals surface area contributed by atoms with Crippen LogP contribution in [-0.4, -0.2) is 167 Å². The summed E-state index contributed by atoms with van der Waals surface area (Å²) in [5, 5.41) is 22.1. The van der Waals surface area contributed by atoms with E-state index in [1.807, 2.05) is 0 Å². The zero-order valence-electron chi connectivity index (χ0n) is 44.9. The molecule has 4 heterocycles. The fourth-order valence-corrected chi connectivity index (χ4v) is 10.3. The van der Waals surface area contributed by atoms with Crippen LogP contribution >= 0.6 is 20.0 Å². The molecule has 2 aromatic rings. The molecule has 10 N–H and O–H groups in total. The van der Waals surface area contributed by atoms with Crippen LogP contribution in [0, 0.1) is 36.5 Å². The molecule has 0 radical (unpaired) electrons. The molecule has 3 aliphatic rings. The second kappa shape index (κ2) is 29.9. The number of nitrogens with one attached hydrogen (secondary N) is 9. The van der Waals surface area contributed by atoms with Crippen LogP contribution in [0.1, 0.15) is 83.8 Å². The van der Waals surface area contributed by atoms with Gasteiger partial charge >= 0.3 is 14.2 Å². The molecule has 1 unspecified atom stereocenters. The Hall–Kier alpha value is -7.84. The van der Waals surface area contributed by atoms with Crippen LogP contribution in [-0.2, 0) is 68.6 Å². The normalized spacial score (nSPS) is 22.9. The summed E-state index contributed by atoms with van der Waals surface area (Å²) in [5.41, 5.74) is 0.859. The molecule has 1 aromatic carbocycles. The number of imide groups is 1. The van der Waals surface area contributed by atoms with Crippen LogP contribution in [0.15, 0.2) is 29.3 Å². The van der Waals surface area contributed by atoms with E-state index in [0.29, 0.717) is 35.2 Å². The van der Waals surface area contributed by atoms with Crippen LogP contribution in [0.2, 0.25) is 0 Å². The van der Waals surface area contributed by atoms with Gasteiger partial charge in [0.2, 0.25) is 41.4 Å². The highest BCUT2D eigenvalue weighted by Gasteiger charge is 2.41. The van der Waals surface area contributed by atoms with E-state index in [1.54, 1.807) is 33.8 Å². The Morgan fingerprint density at radius 1 is 0.875 bits per heavy atom. The van der Waals surface area contributed by atoms with Crippen molar-refractivity contribution >= 4 is 96.0 Å². The molecule has 9 atom stereocenters. The number of hydrogen-bond donors (Lipinski definition) is 10. The van der Waals surface area contributed by atoms with Gasteiger partial charge in [-0.3, -0.25) is 57.6 Å². The van der Waals surface area contributed by atoms with E-state index in [4.69, 9.17) is 22.1 Å². The number of methoxy groups -OCH3 is 1. The minimum absolute atomic E-state index is 0.0139. The molecule has 2 saturated heterocycles. The number of benzene rings is 1. The molecule has 26 nitrogen and oxygen atoms in total. The predicted molar refractivity (Wildman–Crippen MR) is 289 cm³/mol. The van der Waals surface area contributed by atoms with Gasteiger partial charge in [-0.05, 0) is 37.2 Å². The Kier molecular flexibility index (Phi) is 23.6. The van der Waals surface area contributed by atoms with Crippen molar-refractivity contribution in [3.8, 4) is 30.4 Å². The SMILES string of the molecule is C#Cc1c(SC[C@@H]2NCCNC(=O)[C@H]([C@@H](C)CC)NC(=O)CNC(=O)[C@H](C#C)NC(=O)[C@H]([C@@H](C)CC)NC(=O)[C@@H]3CCCN3C(=O)[C@H](CC(=O)OC)NC2=O)[nH]c2cc(O[P+](=O)O)c(CNC(=O)CCCN3C(=O)C=CC3=O)cc12. The lowest BCUT2D eigenvalue weighted by Gasteiger charge is -2.31. The first-order valence-electron chi connectivity index (χ1n) is 25.9. The summed E-state index contributed by atoms with van der Waals surface area (Å²) >= 11 is 1.05. The number of amides is 10. The zero-order chi connectivity index (χ0) is 58.8. The van der Waals surface area contributed by atoms with Crippen molar-refractivity contribution in [3.63, 3.8) is 0 Å². The maximum atomic E-state index is 14.6. The molecular formula is C52H67N11O15PS+. The lowest BCUT2D eigenvalue weighted by molar-refractivity contribution is -0.147. The van der Waals surface area contributed by atoms with Crippen molar-refractivity contribution in [2.24, 2.45) is 11.8 Å². The molecule has 28 heteroatoms. The summed E-state index contributed by atoms with van der Waals surface area (Å²) in [7, 11) is -2.10. The number of ether oxygens (including phenoxy) is 1. The highest BCUT2D eigenvalue weighted by Crippen LogP contribution is 2.36. The number of nitrogens with zero attached hydrogens (tertiary/aromatic N) is 2. The molecular weight excluding hydrogens is 1080 g/mol. The highest BCUT2D eigenvalue weighted by atomic mass is 32.2. The number of fused-ring (bicyclic) bond motifs is 2. The van der Waals surface area contributed by atoms with Gasteiger partial charge in [0.05, 0.1) is 42.2 Å². The van der Waals surface area contributed by atoms with Gasteiger partial charge in [-0.1, -0.05) is 52.4 Å². The fraction of sp³-hybridized carbons (Fsp3) is 0.519. The first-order valence-corrected chi connectivity index (χ1v) is 28.0. The average Bonchev–Trinajstić information content (AvgIpc) is 4.19. The molecule has 0 spiro atoms. The Morgan fingerprint density at radius 3 is 2.20 bits per heavy atom. The monoisotopic (exact) mass is 1150 g/mol. The number of rotatable bonds is 17. The molecule has 1 aromatic heterocycles. The van der Waals surface area contributed by atoms with Gasteiger partial charge in [0, 0.05) is 78.6 Å². The van der Waals surface area contributed by atoms with Crippen molar-refractivity contribution in [3.05, 3.63) is 35.4 Å². The zero-order valence-corrected chi connectivity index (χ0v) is 46.6. The lowest BCUT2D eigenvalue weighted by Crippen LogP contribution is -2.60. The Morgan fingerprint density at radius 2 is 1.56 bits per heavy atom. The molecule has 2 fully saturated rings. The fourth-order valence-electron chi connectivity index (χ4n) is 8.86. The molecule has 0 aliphatic carbocycles. The number of esters is 1. The van der Waals surface area contributed by atoms with E-state index in [-0.39, 0.29) is 74.6 Å². The second-order valence-electron chi connectivity index (χ2n) is 19.1. The summed E-state index contributed by atoms with van der Waals surface area (Å²) in [6.45, 7) is 5.99. The minimum Gasteiger partial charge on any atom is -0.469 e. The average molecular weight is 1150 g/mol. The molecule has 0 bridgehead atoms. The summed E-state index contributed by atoms with van der Waals surface area (Å²) in [4.78, 5) is 162. The first-order chi connectivity index (χ1) is 38.1.